The number of carbonyl (C=O) groups excluding carboxylic acids is 1. The number of halogens is 1. The predicted molar refractivity (Wildman–Crippen MR) is 97.1 cm³/mol. The van der Waals surface area contributed by atoms with Crippen molar-refractivity contribution < 1.29 is 9.53 Å². The minimum absolute atomic E-state index is 0. The zero-order valence-electron chi connectivity index (χ0n) is 14.2. The van der Waals surface area contributed by atoms with E-state index >= 15 is 0 Å². The Morgan fingerprint density at radius 3 is 2.76 bits per heavy atom. The predicted octanol–water partition coefficient (Wildman–Crippen LogP) is 2.29. The largest absolute Gasteiger partial charge is 0.497 e. The molecule has 1 aliphatic carbocycles. The minimum atomic E-state index is 0. The van der Waals surface area contributed by atoms with Crippen LogP contribution in [0.4, 0.5) is 0 Å². The van der Waals surface area contributed by atoms with Gasteiger partial charge in [0.2, 0.25) is 0 Å². The number of ether oxygens (including phenoxy) is 1. The molecular weight excluding hydrogens is 340 g/mol. The summed E-state index contributed by atoms with van der Waals surface area (Å²) < 4.78 is 5.20. The molecule has 2 aromatic rings. The van der Waals surface area contributed by atoms with Gasteiger partial charge in [-0.15, -0.1) is 12.4 Å². The van der Waals surface area contributed by atoms with Gasteiger partial charge in [0.1, 0.15) is 5.75 Å². The Kier molecular flexibility index (Phi) is 5.30. The lowest BCUT2D eigenvalue weighted by molar-refractivity contribution is 0.0722. The van der Waals surface area contributed by atoms with Crippen LogP contribution in [0.3, 0.4) is 0 Å². The lowest BCUT2D eigenvalue weighted by Crippen LogP contribution is -2.34. The van der Waals surface area contributed by atoms with Crippen molar-refractivity contribution in [2.24, 2.45) is 0 Å². The van der Waals surface area contributed by atoms with Crippen molar-refractivity contribution in [1.82, 2.24) is 20.4 Å². The van der Waals surface area contributed by atoms with Crippen LogP contribution in [0.5, 0.6) is 5.75 Å². The summed E-state index contributed by atoms with van der Waals surface area (Å²) in [7, 11) is 1.66. The average Bonchev–Trinajstić information content (AvgIpc) is 3.38. The Labute approximate surface area is 153 Å². The van der Waals surface area contributed by atoms with E-state index in [9.17, 15) is 4.79 Å². The Hall–Kier alpha value is -2.05. The number of aromatic nitrogens is 2. The number of hydrogen-bond donors (Lipinski definition) is 2. The van der Waals surface area contributed by atoms with E-state index in [2.05, 4.69) is 15.5 Å². The van der Waals surface area contributed by atoms with Crippen LogP contribution >= 0.6 is 12.4 Å². The minimum Gasteiger partial charge on any atom is -0.497 e. The second kappa shape index (κ2) is 7.45. The Morgan fingerprint density at radius 1 is 1.32 bits per heavy atom. The summed E-state index contributed by atoms with van der Waals surface area (Å²) in [4.78, 5) is 15.0. The first-order chi connectivity index (χ1) is 11.8. The Morgan fingerprint density at radius 2 is 2.08 bits per heavy atom. The molecular formula is C18H23ClN4O2. The van der Waals surface area contributed by atoms with Gasteiger partial charge in [0, 0.05) is 43.4 Å². The number of aromatic amines is 1. The number of amides is 1. The molecule has 0 saturated heterocycles. The molecule has 1 aliphatic heterocycles. The molecule has 134 valence electrons. The van der Waals surface area contributed by atoms with Crippen LogP contribution in [0.1, 0.15) is 40.2 Å². The summed E-state index contributed by atoms with van der Waals surface area (Å²) in [5.41, 5.74) is 3.82. The Bertz CT molecular complexity index is 740. The monoisotopic (exact) mass is 362 g/mol. The van der Waals surface area contributed by atoms with E-state index in [4.69, 9.17) is 4.74 Å². The summed E-state index contributed by atoms with van der Waals surface area (Å²) >= 11 is 0. The molecule has 25 heavy (non-hydrogen) atoms. The molecule has 1 fully saturated rings. The van der Waals surface area contributed by atoms with E-state index in [-0.39, 0.29) is 18.3 Å². The van der Waals surface area contributed by atoms with E-state index in [0.717, 1.165) is 48.4 Å². The molecule has 0 spiro atoms. The topological polar surface area (TPSA) is 70.2 Å². The molecule has 7 heteroatoms. The number of rotatable bonds is 5. The number of fused-ring (bicyclic) bond motifs is 1. The molecule has 0 bridgehead atoms. The van der Waals surface area contributed by atoms with Crippen LogP contribution in [0.2, 0.25) is 0 Å². The summed E-state index contributed by atoms with van der Waals surface area (Å²) in [6, 6.07) is 8.24. The molecule has 0 atom stereocenters. The van der Waals surface area contributed by atoms with Crippen LogP contribution in [0.25, 0.3) is 0 Å². The van der Waals surface area contributed by atoms with Crippen molar-refractivity contribution in [1.29, 1.82) is 0 Å². The SMILES string of the molecule is COc1ccc(CN(C(=O)c2n[nH]c3c2CNCC3)C2CC2)cc1.Cl. The third kappa shape index (κ3) is 3.65. The number of H-pyrrole nitrogens is 1. The zero-order chi connectivity index (χ0) is 16.5. The average molecular weight is 363 g/mol. The molecule has 6 nitrogen and oxygen atoms in total. The van der Waals surface area contributed by atoms with Crippen molar-refractivity contribution in [2.75, 3.05) is 13.7 Å². The molecule has 1 amide bonds. The van der Waals surface area contributed by atoms with Crippen LogP contribution < -0.4 is 10.1 Å². The van der Waals surface area contributed by atoms with Gasteiger partial charge in [-0.3, -0.25) is 9.89 Å². The van der Waals surface area contributed by atoms with Crippen molar-refractivity contribution in [3.05, 3.63) is 46.8 Å². The van der Waals surface area contributed by atoms with Crippen LogP contribution in [0.15, 0.2) is 24.3 Å². The molecule has 4 rings (SSSR count). The van der Waals surface area contributed by atoms with Gasteiger partial charge in [0.05, 0.1) is 7.11 Å². The highest BCUT2D eigenvalue weighted by Gasteiger charge is 2.35. The van der Waals surface area contributed by atoms with Gasteiger partial charge in [-0.25, -0.2) is 0 Å². The van der Waals surface area contributed by atoms with E-state index in [1.54, 1.807) is 7.11 Å². The summed E-state index contributed by atoms with van der Waals surface area (Å²) in [5, 5.41) is 10.7. The maximum Gasteiger partial charge on any atom is 0.275 e. The highest BCUT2D eigenvalue weighted by atomic mass is 35.5. The number of nitrogens with one attached hydrogen (secondary N) is 2. The van der Waals surface area contributed by atoms with Crippen LogP contribution in [-0.4, -0.2) is 40.7 Å². The quantitative estimate of drug-likeness (QED) is 0.856. The summed E-state index contributed by atoms with van der Waals surface area (Å²) in [6.07, 6.45) is 3.05. The zero-order valence-corrected chi connectivity index (χ0v) is 15.1. The molecule has 0 unspecified atom stereocenters. The van der Waals surface area contributed by atoms with E-state index in [1.165, 1.54) is 0 Å². The number of carbonyl (C=O) groups is 1. The van der Waals surface area contributed by atoms with Gasteiger partial charge in [0.25, 0.3) is 5.91 Å². The third-order valence-electron chi connectivity index (χ3n) is 4.77. The smallest absolute Gasteiger partial charge is 0.275 e. The fraction of sp³-hybridized carbons (Fsp3) is 0.444. The van der Waals surface area contributed by atoms with Gasteiger partial charge in [-0.1, -0.05) is 12.1 Å². The standard InChI is InChI=1S/C18H22N4O2.ClH/c1-24-14-6-2-12(3-7-14)11-22(13-4-5-13)18(23)17-15-10-19-9-8-16(15)20-21-17;/h2-3,6-7,13,19H,4-5,8-11H2,1H3,(H,20,21);1H. The van der Waals surface area contributed by atoms with Crippen molar-refractivity contribution in [2.45, 2.75) is 38.4 Å². The second-order valence-corrected chi connectivity index (χ2v) is 6.47. The first kappa shape index (κ1) is 17.8. The van der Waals surface area contributed by atoms with Gasteiger partial charge >= 0.3 is 0 Å². The van der Waals surface area contributed by atoms with Crippen molar-refractivity contribution in [3.8, 4) is 5.75 Å². The highest BCUT2D eigenvalue weighted by molar-refractivity contribution is 5.94. The number of hydrogen-bond acceptors (Lipinski definition) is 4. The molecule has 2 N–H and O–H groups in total. The van der Waals surface area contributed by atoms with Gasteiger partial charge in [-0.2, -0.15) is 5.10 Å². The van der Waals surface area contributed by atoms with E-state index < -0.39 is 0 Å². The number of benzene rings is 1. The van der Waals surface area contributed by atoms with Crippen LogP contribution in [0, 0.1) is 0 Å². The molecule has 2 aliphatic rings. The van der Waals surface area contributed by atoms with Gasteiger partial charge in [0.15, 0.2) is 5.69 Å². The third-order valence-corrected chi connectivity index (χ3v) is 4.77. The summed E-state index contributed by atoms with van der Waals surface area (Å²) in [6.45, 7) is 2.26. The fourth-order valence-electron chi connectivity index (χ4n) is 3.22. The van der Waals surface area contributed by atoms with Gasteiger partial charge in [-0.05, 0) is 30.5 Å². The summed E-state index contributed by atoms with van der Waals surface area (Å²) in [5.74, 6) is 0.866. The molecule has 0 radical (unpaired) electrons. The normalized spacial score (nSPS) is 15.9. The lowest BCUT2D eigenvalue weighted by Gasteiger charge is -2.23. The fourth-order valence-corrected chi connectivity index (χ4v) is 3.22. The lowest BCUT2D eigenvalue weighted by atomic mass is 10.1. The van der Waals surface area contributed by atoms with Crippen LogP contribution in [-0.2, 0) is 19.5 Å². The number of methoxy groups -OCH3 is 1. The molecule has 1 aromatic carbocycles. The van der Waals surface area contributed by atoms with Gasteiger partial charge < -0.3 is 15.0 Å². The molecule has 1 aromatic heterocycles. The maximum atomic E-state index is 13.1. The highest BCUT2D eigenvalue weighted by Crippen LogP contribution is 2.31. The van der Waals surface area contributed by atoms with Crippen molar-refractivity contribution in [3.63, 3.8) is 0 Å². The van der Waals surface area contributed by atoms with E-state index in [1.807, 2.05) is 29.2 Å². The first-order valence-corrected chi connectivity index (χ1v) is 8.47. The van der Waals surface area contributed by atoms with E-state index in [0.29, 0.717) is 24.8 Å². The molecule has 2 heterocycles. The van der Waals surface area contributed by atoms with Crippen molar-refractivity contribution >= 4 is 18.3 Å². The Balaban J connectivity index is 0.00000182. The maximum absolute atomic E-state index is 13.1. The number of nitrogens with zero attached hydrogens (tertiary/aromatic N) is 2. The first-order valence-electron chi connectivity index (χ1n) is 8.47. The molecule has 1 saturated carbocycles. The second-order valence-electron chi connectivity index (χ2n) is 6.47.